The number of carbonyl (C=O) groups excluding carboxylic acids is 3. The molecule has 0 bridgehead atoms. The number of aliphatic hydroxyl groups is 2. The second kappa shape index (κ2) is 8.84. The van der Waals surface area contributed by atoms with Crippen LogP contribution in [0, 0.1) is 45.3 Å². The van der Waals surface area contributed by atoms with Crippen molar-refractivity contribution in [1.82, 2.24) is 0 Å². The number of fused-ring (bicyclic) bond motifs is 4. The Labute approximate surface area is 220 Å². The maximum atomic E-state index is 14.1. The van der Waals surface area contributed by atoms with E-state index in [2.05, 4.69) is 6.92 Å². The average Bonchev–Trinajstić information content (AvgIpc) is 2.99. The third-order valence-corrected chi connectivity index (χ3v) is 11.6. The molecule has 0 aromatic carbocycles. The third kappa shape index (κ3) is 3.82. The van der Waals surface area contributed by atoms with E-state index in [1.165, 1.54) is 6.92 Å². The summed E-state index contributed by atoms with van der Waals surface area (Å²) in [4.78, 5) is 50.8. The van der Waals surface area contributed by atoms with Gasteiger partial charge >= 0.3 is 5.97 Å². The van der Waals surface area contributed by atoms with E-state index >= 15 is 0 Å². The molecule has 3 N–H and O–H groups in total. The van der Waals surface area contributed by atoms with Crippen molar-refractivity contribution >= 4 is 23.3 Å². The Bertz CT molecular complexity index is 1070. The van der Waals surface area contributed by atoms with Crippen LogP contribution < -0.4 is 0 Å². The Morgan fingerprint density at radius 2 is 1.62 bits per heavy atom. The maximum Gasteiger partial charge on any atom is 0.306 e. The van der Waals surface area contributed by atoms with Crippen molar-refractivity contribution < 1.29 is 34.5 Å². The molecule has 7 heteroatoms. The molecule has 2 fully saturated rings. The van der Waals surface area contributed by atoms with Crippen LogP contribution in [0.5, 0.6) is 0 Å². The molecule has 0 heterocycles. The minimum absolute atomic E-state index is 0.0106. The van der Waals surface area contributed by atoms with E-state index in [4.69, 9.17) is 0 Å². The maximum absolute atomic E-state index is 14.1. The highest BCUT2D eigenvalue weighted by molar-refractivity contribution is 6.01. The number of Topliss-reactive ketones (excluding diaryl/α,β-unsaturated/α-hetero) is 3. The van der Waals surface area contributed by atoms with Crippen LogP contribution in [0.1, 0.15) is 93.4 Å². The Morgan fingerprint density at radius 1 is 1.00 bits per heavy atom. The number of hydrogen-bond donors (Lipinski definition) is 3. The first kappa shape index (κ1) is 28.2. The Hall–Kier alpha value is -1.86. The second-order valence-corrected chi connectivity index (χ2v) is 13.9. The molecule has 0 aliphatic heterocycles. The topological polar surface area (TPSA) is 129 Å². The van der Waals surface area contributed by atoms with Crippen LogP contribution in [0.15, 0.2) is 11.1 Å². The van der Waals surface area contributed by atoms with Crippen LogP contribution in [-0.4, -0.2) is 50.8 Å². The van der Waals surface area contributed by atoms with Crippen molar-refractivity contribution in [3.63, 3.8) is 0 Å². The second-order valence-electron chi connectivity index (χ2n) is 13.9. The lowest BCUT2D eigenvalue weighted by Crippen LogP contribution is -2.60. The van der Waals surface area contributed by atoms with Gasteiger partial charge in [0.1, 0.15) is 11.6 Å². The van der Waals surface area contributed by atoms with Crippen molar-refractivity contribution in [2.45, 2.75) is 106 Å². The smallest absolute Gasteiger partial charge is 0.306 e. The first-order valence-electron chi connectivity index (χ1n) is 13.8. The third-order valence-electron chi connectivity index (χ3n) is 11.6. The predicted octanol–water partition coefficient (Wildman–Crippen LogP) is 4.13. The summed E-state index contributed by atoms with van der Waals surface area (Å²) in [5, 5.41) is 32.4. The summed E-state index contributed by atoms with van der Waals surface area (Å²) >= 11 is 0. The summed E-state index contributed by atoms with van der Waals surface area (Å²) in [5.74, 6) is -2.17. The van der Waals surface area contributed by atoms with E-state index in [0.717, 1.165) is 0 Å². The van der Waals surface area contributed by atoms with Gasteiger partial charge in [-0.15, -0.1) is 0 Å². The van der Waals surface area contributed by atoms with E-state index in [1.807, 2.05) is 34.6 Å². The van der Waals surface area contributed by atoms with Gasteiger partial charge in [-0.1, -0.05) is 48.5 Å². The first-order chi connectivity index (χ1) is 16.9. The van der Waals surface area contributed by atoms with Gasteiger partial charge in [0, 0.05) is 47.5 Å². The number of allylic oxidation sites excluding steroid dienone is 1. The molecule has 4 aliphatic carbocycles. The molecule has 0 amide bonds. The van der Waals surface area contributed by atoms with E-state index in [1.54, 1.807) is 0 Å². The average molecular weight is 517 g/mol. The van der Waals surface area contributed by atoms with Crippen molar-refractivity contribution in [2.24, 2.45) is 45.3 Å². The monoisotopic (exact) mass is 516 g/mol. The highest BCUT2D eigenvalue weighted by atomic mass is 16.4. The molecular formula is C30H44O7. The highest BCUT2D eigenvalue weighted by Gasteiger charge is 2.70. The molecule has 37 heavy (non-hydrogen) atoms. The molecule has 0 radical (unpaired) electrons. The number of rotatable bonds is 6. The number of carboxylic acid groups (broad SMARTS) is 1. The van der Waals surface area contributed by atoms with Crippen LogP contribution >= 0.6 is 0 Å². The lowest BCUT2D eigenvalue weighted by Gasteiger charge is -2.61. The number of hydrogen-bond acceptors (Lipinski definition) is 6. The zero-order valence-corrected chi connectivity index (χ0v) is 23.4. The van der Waals surface area contributed by atoms with Crippen molar-refractivity contribution in [1.29, 1.82) is 0 Å². The Kier molecular flexibility index (Phi) is 6.72. The highest BCUT2D eigenvalue weighted by Crippen LogP contribution is 2.71. The van der Waals surface area contributed by atoms with Gasteiger partial charge in [-0.3, -0.25) is 19.2 Å². The van der Waals surface area contributed by atoms with E-state index in [-0.39, 0.29) is 54.4 Å². The minimum atomic E-state index is -1.00. The molecule has 4 rings (SSSR count). The van der Waals surface area contributed by atoms with Gasteiger partial charge in [0.2, 0.25) is 0 Å². The predicted molar refractivity (Wildman–Crippen MR) is 137 cm³/mol. The fourth-order valence-corrected chi connectivity index (χ4v) is 9.20. The molecule has 2 saturated carbocycles. The summed E-state index contributed by atoms with van der Waals surface area (Å²) in [6.07, 6.45) is 0.421. The normalized spacial score (nSPS) is 42.5. The zero-order valence-electron chi connectivity index (χ0n) is 23.4. The molecule has 0 spiro atoms. The Morgan fingerprint density at radius 3 is 2.22 bits per heavy atom. The van der Waals surface area contributed by atoms with Gasteiger partial charge < -0.3 is 15.3 Å². The molecule has 0 unspecified atom stereocenters. The van der Waals surface area contributed by atoms with E-state index < -0.39 is 45.8 Å². The number of carbonyl (C=O) groups is 4. The zero-order chi connectivity index (χ0) is 27.9. The molecule has 0 saturated heterocycles. The van der Waals surface area contributed by atoms with Gasteiger partial charge in [-0.25, -0.2) is 0 Å². The van der Waals surface area contributed by atoms with Crippen LogP contribution in [0.4, 0.5) is 0 Å². The molecule has 7 nitrogen and oxygen atoms in total. The van der Waals surface area contributed by atoms with Gasteiger partial charge in [0.05, 0.1) is 18.1 Å². The van der Waals surface area contributed by atoms with E-state index in [9.17, 15) is 34.5 Å². The quantitative estimate of drug-likeness (QED) is 0.484. The summed E-state index contributed by atoms with van der Waals surface area (Å²) in [6, 6.07) is 0. The SMILES string of the molecule is C[C@H](CC(=O)C[C@H](C)C(=O)O)[C@H]1C[C@H](O)[C@@]2(C)C3=C(C(=O)C[C@]12C)[C@@]1(C)CCC(=O)C(C)(C)[C@@H]1C[C@@H]3O. The van der Waals surface area contributed by atoms with Crippen LogP contribution in [0.25, 0.3) is 0 Å². The van der Waals surface area contributed by atoms with Crippen molar-refractivity contribution in [3.05, 3.63) is 11.1 Å². The van der Waals surface area contributed by atoms with Crippen LogP contribution in [0.2, 0.25) is 0 Å². The van der Waals surface area contributed by atoms with Crippen molar-refractivity contribution in [2.75, 3.05) is 0 Å². The molecule has 0 aromatic heterocycles. The molecule has 9 atom stereocenters. The largest absolute Gasteiger partial charge is 0.481 e. The summed E-state index contributed by atoms with van der Waals surface area (Å²) in [6.45, 7) is 13.4. The summed E-state index contributed by atoms with van der Waals surface area (Å²) in [5.41, 5.74) is -1.40. The fourth-order valence-electron chi connectivity index (χ4n) is 9.20. The van der Waals surface area contributed by atoms with E-state index in [0.29, 0.717) is 36.8 Å². The number of ketones is 3. The summed E-state index contributed by atoms with van der Waals surface area (Å²) in [7, 11) is 0. The standard InChI is InChI=1S/C30H44O7/c1-15(10-17(31)11-16(2)26(36)37)18-12-23(35)30(7)25-19(32)13-21-27(3,4)22(34)8-9-28(21,5)24(25)20(33)14-29(18,30)6/h15-16,18-19,21,23,32,35H,8-14H2,1-7H3,(H,36,37)/t15-,16+,18-,19+,21+,23+,28+,29-,30+/m1/s1. The van der Waals surface area contributed by atoms with Gasteiger partial charge in [0.15, 0.2) is 5.78 Å². The van der Waals surface area contributed by atoms with Gasteiger partial charge in [-0.05, 0) is 48.0 Å². The molecule has 4 aliphatic rings. The van der Waals surface area contributed by atoms with Gasteiger partial charge in [0.25, 0.3) is 0 Å². The van der Waals surface area contributed by atoms with Crippen LogP contribution in [-0.2, 0) is 19.2 Å². The van der Waals surface area contributed by atoms with Crippen LogP contribution in [0.3, 0.4) is 0 Å². The molecular weight excluding hydrogens is 472 g/mol. The lowest BCUT2D eigenvalue weighted by molar-refractivity contribution is -0.146. The van der Waals surface area contributed by atoms with Gasteiger partial charge in [-0.2, -0.15) is 0 Å². The number of aliphatic hydroxyl groups excluding tert-OH is 2. The first-order valence-corrected chi connectivity index (χ1v) is 13.8. The molecule has 206 valence electrons. The fraction of sp³-hybridized carbons (Fsp3) is 0.800. The number of carboxylic acids is 1. The van der Waals surface area contributed by atoms with Crippen molar-refractivity contribution in [3.8, 4) is 0 Å². The Balaban J connectivity index is 1.74. The lowest BCUT2D eigenvalue weighted by atomic mass is 9.42. The molecule has 0 aromatic rings. The number of aliphatic carboxylic acids is 1. The minimum Gasteiger partial charge on any atom is -0.481 e. The summed E-state index contributed by atoms with van der Waals surface area (Å²) < 4.78 is 0.